The zero-order valence-corrected chi connectivity index (χ0v) is 14.1. The quantitative estimate of drug-likeness (QED) is 0.514. The monoisotopic (exact) mass is 337 g/mol. The highest BCUT2D eigenvalue weighted by molar-refractivity contribution is 6.24. The summed E-state index contributed by atoms with van der Waals surface area (Å²) in [6, 6.07) is 15.9. The third-order valence-corrected chi connectivity index (χ3v) is 3.49. The van der Waals surface area contributed by atoms with Crippen LogP contribution in [-0.4, -0.2) is 17.8 Å². The molecule has 0 spiro atoms. The highest BCUT2D eigenvalue weighted by Crippen LogP contribution is 2.13. The van der Waals surface area contributed by atoms with Gasteiger partial charge in [-0.05, 0) is 42.7 Å². The second kappa shape index (κ2) is 8.59. The maximum atomic E-state index is 12.2. The fourth-order valence-electron chi connectivity index (χ4n) is 2.13. The molecule has 25 heavy (non-hydrogen) atoms. The van der Waals surface area contributed by atoms with Crippen LogP contribution in [-0.2, 0) is 16.0 Å². The number of carbonyl (C=O) groups is 3. The molecule has 5 heteroatoms. The van der Waals surface area contributed by atoms with Crippen molar-refractivity contribution in [3.8, 4) is 5.75 Å². The number of amides is 2. The Morgan fingerprint density at radius 2 is 1.64 bits per heavy atom. The van der Waals surface area contributed by atoms with Crippen LogP contribution in [0.1, 0.15) is 25.0 Å². The van der Waals surface area contributed by atoms with Crippen molar-refractivity contribution in [1.82, 2.24) is 5.32 Å². The van der Waals surface area contributed by atoms with Gasteiger partial charge in [0, 0.05) is 0 Å². The molecule has 0 radical (unpaired) electrons. The molecule has 0 saturated heterocycles. The van der Waals surface area contributed by atoms with E-state index >= 15 is 0 Å². The van der Waals surface area contributed by atoms with Gasteiger partial charge in [0.2, 0.25) is 0 Å². The number of imide groups is 1. The molecule has 2 aromatic rings. The first-order valence-corrected chi connectivity index (χ1v) is 7.89. The van der Waals surface area contributed by atoms with Gasteiger partial charge in [-0.3, -0.25) is 14.9 Å². The first kappa shape index (κ1) is 18.1. The van der Waals surface area contributed by atoms with E-state index in [2.05, 4.69) is 5.32 Å². The van der Waals surface area contributed by atoms with Crippen molar-refractivity contribution in [2.45, 2.75) is 20.3 Å². The zero-order valence-electron chi connectivity index (χ0n) is 14.1. The van der Waals surface area contributed by atoms with E-state index in [1.54, 1.807) is 36.4 Å². The summed E-state index contributed by atoms with van der Waals surface area (Å²) in [6.07, 6.45) is 1.37. The Hall–Kier alpha value is -3.21. The molecule has 1 N–H and O–H groups in total. The summed E-state index contributed by atoms with van der Waals surface area (Å²) in [5.41, 5.74) is 1.67. The normalized spacial score (nSPS) is 10.9. The SMILES string of the molecule is CCc1ccc(OC(=O)NC(=O)C(=Cc2ccccc2)C(C)=O)cc1. The number of ketones is 1. The van der Waals surface area contributed by atoms with Gasteiger partial charge in [-0.2, -0.15) is 0 Å². The van der Waals surface area contributed by atoms with Crippen LogP contribution < -0.4 is 10.1 Å². The summed E-state index contributed by atoms with van der Waals surface area (Å²) in [5.74, 6) is -0.924. The van der Waals surface area contributed by atoms with Gasteiger partial charge in [0.05, 0.1) is 5.57 Å². The molecule has 0 aliphatic rings. The lowest BCUT2D eigenvalue weighted by molar-refractivity contribution is -0.121. The molecule has 2 rings (SSSR count). The van der Waals surface area contributed by atoms with Crippen LogP contribution >= 0.6 is 0 Å². The minimum absolute atomic E-state index is 0.121. The molecule has 5 nitrogen and oxygen atoms in total. The van der Waals surface area contributed by atoms with Gasteiger partial charge < -0.3 is 4.74 Å². The number of nitrogens with one attached hydrogen (secondary N) is 1. The first-order valence-electron chi connectivity index (χ1n) is 7.89. The third-order valence-electron chi connectivity index (χ3n) is 3.49. The molecule has 0 heterocycles. The summed E-state index contributed by atoms with van der Waals surface area (Å²) in [7, 11) is 0. The smallest absolute Gasteiger partial charge is 0.410 e. The lowest BCUT2D eigenvalue weighted by Gasteiger charge is -2.07. The van der Waals surface area contributed by atoms with E-state index < -0.39 is 17.8 Å². The minimum atomic E-state index is -0.936. The van der Waals surface area contributed by atoms with Crippen LogP contribution in [0, 0.1) is 0 Å². The fraction of sp³-hybridized carbons (Fsp3) is 0.150. The Kier molecular flexibility index (Phi) is 6.23. The van der Waals surface area contributed by atoms with Crippen molar-refractivity contribution in [2.24, 2.45) is 0 Å². The van der Waals surface area contributed by atoms with Gasteiger partial charge in [0.25, 0.3) is 5.91 Å². The van der Waals surface area contributed by atoms with Crippen LogP contribution in [0.4, 0.5) is 4.79 Å². The summed E-state index contributed by atoms with van der Waals surface area (Å²) in [4.78, 5) is 35.8. The molecule has 0 saturated carbocycles. The van der Waals surface area contributed by atoms with Crippen molar-refractivity contribution >= 4 is 23.9 Å². The number of carbonyl (C=O) groups excluding carboxylic acids is 3. The fourth-order valence-corrected chi connectivity index (χ4v) is 2.13. The van der Waals surface area contributed by atoms with E-state index in [0.717, 1.165) is 12.0 Å². The molecule has 0 fully saturated rings. The number of hydrogen-bond donors (Lipinski definition) is 1. The third kappa shape index (κ3) is 5.42. The van der Waals surface area contributed by atoms with Crippen LogP contribution in [0.2, 0.25) is 0 Å². The lowest BCUT2D eigenvalue weighted by Crippen LogP contribution is -2.35. The van der Waals surface area contributed by atoms with Crippen molar-refractivity contribution in [1.29, 1.82) is 0 Å². The van der Waals surface area contributed by atoms with E-state index in [1.165, 1.54) is 13.0 Å². The number of benzene rings is 2. The molecular formula is C20H19NO4. The first-order chi connectivity index (χ1) is 12.0. The average Bonchev–Trinajstić information content (AvgIpc) is 2.60. The van der Waals surface area contributed by atoms with Gasteiger partial charge >= 0.3 is 6.09 Å². The summed E-state index contributed by atoms with van der Waals surface area (Å²) < 4.78 is 5.06. The standard InChI is InChI=1S/C20H19NO4/c1-3-15-9-11-17(12-10-15)25-20(24)21-19(23)18(14(2)22)13-16-7-5-4-6-8-16/h4-13H,3H2,1-2H3,(H,21,23,24). The Bertz CT molecular complexity index is 792. The van der Waals surface area contributed by atoms with E-state index in [1.807, 2.05) is 25.1 Å². The van der Waals surface area contributed by atoms with E-state index in [9.17, 15) is 14.4 Å². The molecule has 2 amide bonds. The second-order valence-corrected chi connectivity index (χ2v) is 5.37. The Balaban J connectivity index is 2.06. The van der Waals surface area contributed by atoms with Crippen LogP contribution in [0.3, 0.4) is 0 Å². The Morgan fingerprint density at radius 3 is 2.20 bits per heavy atom. The van der Waals surface area contributed by atoms with E-state index in [4.69, 9.17) is 4.74 Å². The second-order valence-electron chi connectivity index (χ2n) is 5.37. The van der Waals surface area contributed by atoms with Gasteiger partial charge in [0.15, 0.2) is 5.78 Å². The Morgan fingerprint density at radius 1 is 1.00 bits per heavy atom. The predicted molar refractivity (Wildman–Crippen MR) is 95.1 cm³/mol. The van der Waals surface area contributed by atoms with Crippen LogP contribution in [0.5, 0.6) is 5.75 Å². The topological polar surface area (TPSA) is 72.5 Å². The van der Waals surface area contributed by atoms with Gasteiger partial charge in [-0.1, -0.05) is 49.4 Å². The molecule has 0 bridgehead atoms. The van der Waals surface area contributed by atoms with E-state index in [-0.39, 0.29) is 5.57 Å². The molecule has 0 unspecified atom stereocenters. The molecular weight excluding hydrogens is 318 g/mol. The number of hydrogen-bond acceptors (Lipinski definition) is 4. The molecule has 0 aliphatic heterocycles. The highest BCUT2D eigenvalue weighted by atomic mass is 16.6. The van der Waals surface area contributed by atoms with Crippen molar-refractivity contribution in [3.05, 3.63) is 71.3 Å². The Labute approximate surface area is 146 Å². The molecule has 0 atom stereocenters. The zero-order chi connectivity index (χ0) is 18.2. The van der Waals surface area contributed by atoms with Crippen LogP contribution in [0.25, 0.3) is 6.08 Å². The average molecular weight is 337 g/mol. The molecule has 128 valence electrons. The maximum Gasteiger partial charge on any atom is 0.419 e. The van der Waals surface area contributed by atoms with Gasteiger partial charge in [0.1, 0.15) is 5.75 Å². The van der Waals surface area contributed by atoms with Crippen molar-refractivity contribution < 1.29 is 19.1 Å². The lowest BCUT2D eigenvalue weighted by atomic mass is 10.1. The maximum absolute atomic E-state index is 12.2. The number of Topliss-reactive ketones (excluding diaryl/α,β-unsaturated/α-hetero) is 1. The predicted octanol–water partition coefficient (Wildman–Crippen LogP) is 3.54. The highest BCUT2D eigenvalue weighted by Gasteiger charge is 2.18. The summed E-state index contributed by atoms with van der Waals surface area (Å²) in [5, 5.41) is 2.07. The van der Waals surface area contributed by atoms with Crippen molar-refractivity contribution in [3.63, 3.8) is 0 Å². The molecule has 2 aromatic carbocycles. The molecule has 0 aromatic heterocycles. The number of aryl methyl sites for hydroxylation is 1. The largest absolute Gasteiger partial charge is 0.419 e. The number of ether oxygens (including phenoxy) is 1. The van der Waals surface area contributed by atoms with E-state index in [0.29, 0.717) is 11.3 Å². The van der Waals surface area contributed by atoms with Crippen LogP contribution in [0.15, 0.2) is 60.2 Å². The van der Waals surface area contributed by atoms with Gasteiger partial charge in [-0.15, -0.1) is 0 Å². The van der Waals surface area contributed by atoms with Crippen molar-refractivity contribution in [2.75, 3.05) is 0 Å². The summed E-state index contributed by atoms with van der Waals surface area (Å²) in [6.45, 7) is 3.28. The number of rotatable bonds is 5. The molecule has 0 aliphatic carbocycles. The minimum Gasteiger partial charge on any atom is -0.410 e. The van der Waals surface area contributed by atoms with Gasteiger partial charge in [-0.25, -0.2) is 4.79 Å². The summed E-state index contributed by atoms with van der Waals surface area (Å²) >= 11 is 0.